The number of hydrogen-bond donors (Lipinski definition) is 2. The van der Waals surface area contributed by atoms with Crippen LogP contribution in [0.4, 0.5) is 5.69 Å². The lowest BCUT2D eigenvalue weighted by Crippen LogP contribution is -2.11. The van der Waals surface area contributed by atoms with Crippen LogP contribution in [0.2, 0.25) is 0 Å². The van der Waals surface area contributed by atoms with Crippen molar-refractivity contribution in [1.29, 1.82) is 0 Å². The quantitative estimate of drug-likeness (QED) is 0.466. The molecule has 20 heavy (non-hydrogen) atoms. The van der Waals surface area contributed by atoms with Gasteiger partial charge in [0.25, 0.3) is 0 Å². The van der Waals surface area contributed by atoms with Gasteiger partial charge < -0.3 is 5.43 Å². The highest BCUT2D eigenvalue weighted by Gasteiger charge is 2.09. The largest absolute Gasteiger partial charge is 0.324 e. The average Bonchev–Trinajstić information content (AvgIpc) is 2.48. The number of hydrazine groups is 1. The fourth-order valence-corrected chi connectivity index (χ4v) is 2.65. The molecule has 2 heteroatoms. The van der Waals surface area contributed by atoms with Crippen molar-refractivity contribution in [2.75, 3.05) is 5.43 Å². The first-order valence-electron chi connectivity index (χ1n) is 8.38. The molecule has 1 aromatic rings. The average molecular weight is 276 g/mol. The smallest absolute Gasteiger partial charge is 0.0519 e. The number of unbranched alkanes of at least 4 members (excludes halogenated alkanes) is 3. The predicted molar refractivity (Wildman–Crippen MR) is 90.1 cm³/mol. The third-order valence-corrected chi connectivity index (χ3v) is 3.98. The number of anilines is 1. The summed E-state index contributed by atoms with van der Waals surface area (Å²) in [6.07, 6.45) is 11.0. The van der Waals surface area contributed by atoms with Crippen molar-refractivity contribution in [3.63, 3.8) is 0 Å². The van der Waals surface area contributed by atoms with E-state index in [1.54, 1.807) is 5.56 Å². The lowest BCUT2D eigenvalue weighted by molar-refractivity contribution is 0.752. The van der Waals surface area contributed by atoms with Gasteiger partial charge in [0.1, 0.15) is 0 Å². The summed E-state index contributed by atoms with van der Waals surface area (Å²) in [4.78, 5) is 0. The van der Waals surface area contributed by atoms with Crippen LogP contribution in [0.25, 0.3) is 0 Å². The summed E-state index contributed by atoms with van der Waals surface area (Å²) < 4.78 is 0. The van der Waals surface area contributed by atoms with E-state index in [1.165, 1.54) is 62.5 Å². The topological polar surface area (TPSA) is 38.0 Å². The molecule has 1 rings (SSSR count). The minimum Gasteiger partial charge on any atom is -0.324 e. The minimum atomic E-state index is 1.13. The molecular weight excluding hydrogens is 244 g/mol. The van der Waals surface area contributed by atoms with Gasteiger partial charge in [0.2, 0.25) is 0 Å². The summed E-state index contributed by atoms with van der Waals surface area (Å²) >= 11 is 0. The first kappa shape index (κ1) is 17.0. The van der Waals surface area contributed by atoms with Gasteiger partial charge in [0.05, 0.1) is 5.69 Å². The maximum Gasteiger partial charge on any atom is 0.0519 e. The fourth-order valence-electron chi connectivity index (χ4n) is 2.65. The van der Waals surface area contributed by atoms with E-state index < -0.39 is 0 Å². The van der Waals surface area contributed by atoms with Gasteiger partial charge in [-0.1, -0.05) is 46.1 Å². The van der Waals surface area contributed by atoms with Crippen LogP contribution in [0.15, 0.2) is 12.1 Å². The molecule has 114 valence electrons. The van der Waals surface area contributed by atoms with Crippen molar-refractivity contribution in [3.05, 3.63) is 28.8 Å². The van der Waals surface area contributed by atoms with Gasteiger partial charge in [-0.2, -0.15) is 0 Å². The molecule has 0 aromatic heterocycles. The minimum absolute atomic E-state index is 1.13. The molecule has 0 aliphatic heterocycles. The Morgan fingerprint density at radius 2 is 1.20 bits per heavy atom. The molecule has 0 aliphatic carbocycles. The maximum atomic E-state index is 5.72. The molecule has 0 aliphatic rings. The Labute approximate surface area is 125 Å². The summed E-state index contributed by atoms with van der Waals surface area (Å²) in [5.41, 5.74) is 8.46. The molecule has 0 fully saturated rings. The number of nitrogens with one attached hydrogen (secondary N) is 1. The zero-order valence-electron chi connectivity index (χ0n) is 13.6. The summed E-state index contributed by atoms with van der Waals surface area (Å²) in [6.45, 7) is 6.76. The van der Waals surface area contributed by atoms with Gasteiger partial charge in [-0.05, 0) is 61.3 Å². The van der Waals surface area contributed by atoms with Crippen LogP contribution in [0.5, 0.6) is 0 Å². The van der Waals surface area contributed by atoms with E-state index in [-0.39, 0.29) is 0 Å². The van der Waals surface area contributed by atoms with Crippen molar-refractivity contribution in [3.8, 4) is 0 Å². The summed E-state index contributed by atoms with van der Waals surface area (Å²) in [5, 5.41) is 0. The summed E-state index contributed by atoms with van der Waals surface area (Å²) in [7, 11) is 0. The highest BCUT2D eigenvalue weighted by Crippen LogP contribution is 2.25. The Morgan fingerprint density at radius 1 is 0.750 bits per heavy atom. The number of nitrogen functional groups attached to an aromatic ring is 1. The van der Waals surface area contributed by atoms with Crippen molar-refractivity contribution in [2.45, 2.75) is 78.6 Å². The fraction of sp³-hybridized carbons (Fsp3) is 0.667. The van der Waals surface area contributed by atoms with Gasteiger partial charge in [0, 0.05) is 0 Å². The molecular formula is C18H32N2. The molecule has 0 saturated heterocycles. The number of aryl methyl sites for hydroxylation is 3. The van der Waals surface area contributed by atoms with Gasteiger partial charge in [-0.25, -0.2) is 0 Å². The Balaban J connectivity index is 3.00. The zero-order valence-corrected chi connectivity index (χ0v) is 13.6. The third-order valence-electron chi connectivity index (χ3n) is 3.98. The van der Waals surface area contributed by atoms with Crippen LogP contribution in [0.1, 0.15) is 76.0 Å². The SMILES string of the molecule is CCCCc1cc(CCCC)c(NN)cc1CCCC. The van der Waals surface area contributed by atoms with E-state index >= 15 is 0 Å². The molecule has 0 atom stereocenters. The van der Waals surface area contributed by atoms with Crippen LogP contribution in [-0.4, -0.2) is 0 Å². The lowest BCUT2D eigenvalue weighted by Gasteiger charge is -2.16. The molecule has 2 nitrogen and oxygen atoms in total. The highest BCUT2D eigenvalue weighted by molar-refractivity contribution is 5.55. The second-order valence-electron chi connectivity index (χ2n) is 5.73. The van der Waals surface area contributed by atoms with Crippen molar-refractivity contribution >= 4 is 5.69 Å². The zero-order chi connectivity index (χ0) is 14.8. The van der Waals surface area contributed by atoms with E-state index in [4.69, 9.17) is 5.84 Å². The van der Waals surface area contributed by atoms with E-state index in [2.05, 4.69) is 38.3 Å². The second-order valence-corrected chi connectivity index (χ2v) is 5.73. The molecule has 1 aromatic carbocycles. The normalized spacial score (nSPS) is 10.8. The van der Waals surface area contributed by atoms with Crippen molar-refractivity contribution in [1.82, 2.24) is 0 Å². The van der Waals surface area contributed by atoms with Crippen molar-refractivity contribution in [2.24, 2.45) is 5.84 Å². The molecule has 0 unspecified atom stereocenters. The number of nitrogens with two attached hydrogens (primary N) is 1. The van der Waals surface area contributed by atoms with Gasteiger partial charge in [0.15, 0.2) is 0 Å². The van der Waals surface area contributed by atoms with Crippen LogP contribution in [0, 0.1) is 0 Å². The first-order valence-corrected chi connectivity index (χ1v) is 8.38. The number of benzene rings is 1. The Morgan fingerprint density at radius 3 is 1.65 bits per heavy atom. The lowest BCUT2D eigenvalue weighted by atomic mass is 9.93. The van der Waals surface area contributed by atoms with Crippen LogP contribution in [0.3, 0.4) is 0 Å². The monoisotopic (exact) mass is 276 g/mol. The Bertz CT molecular complexity index is 385. The number of rotatable bonds is 10. The Kier molecular flexibility index (Phi) is 8.36. The Hall–Kier alpha value is -1.02. The van der Waals surface area contributed by atoms with Gasteiger partial charge in [-0.3, -0.25) is 5.84 Å². The highest BCUT2D eigenvalue weighted by atomic mass is 15.2. The van der Waals surface area contributed by atoms with Crippen molar-refractivity contribution < 1.29 is 0 Å². The molecule has 0 heterocycles. The number of hydrogen-bond acceptors (Lipinski definition) is 2. The van der Waals surface area contributed by atoms with Crippen LogP contribution < -0.4 is 11.3 Å². The molecule has 3 N–H and O–H groups in total. The van der Waals surface area contributed by atoms with E-state index in [0.29, 0.717) is 0 Å². The van der Waals surface area contributed by atoms with E-state index in [0.717, 1.165) is 12.1 Å². The molecule has 0 bridgehead atoms. The van der Waals surface area contributed by atoms with Crippen LogP contribution >= 0.6 is 0 Å². The van der Waals surface area contributed by atoms with Gasteiger partial charge in [-0.15, -0.1) is 0 Å². The molecule has 0 amide bonds. The summed E-state index contributed by atoms with van der Waals surface area (Å²) in [6, 6.07) is 4.71. The third kappa shape index (κ3) is 5.16. The van der Waals surface area contributed by atoms with E-state index in [1.807, 2.05) is 0 Å². The van der Waals surface area contributed by atoms with E-state index in [9.17, 15) is 0 Å². The second kappa shape index (κ2) is 9.82. The van der Waals surface area contributed by atoms with Gasteiger partial charge >= 0.3 is 0 Å². The van der Waals surface area contributed by atoms with Crippen LogP contribution in [-0.2, 0) is 19.3 Å². The maximum absolute atomic E-state index is 5.72. The summed E-state index contributed by atoms with van der Waals surface area (Å²) in [5.74, 6) is 5.72. The standard InChI is InChI=1S/C18H32N2/c1-4-7-10-15-13-17(12-9-6-3)18(20-19)14-16(15)11-8-5-2/h13-14,20H,4-12,19H2,1-3H3. The predicted octanol–water partition coefficient (Wildman–Crippen LogP) is 5.00. The molecule has 0 spiro atoms. The first-order chi connectivity index (χ1) is 9.76. The molecule has 0 radical (unpaired) electrons. The molecule has 0 saturated carbocycles.